The van der Waals surface area contributed by atoms with Gasteiger partial charge in [0.25, 0.3) is 0 Å². The van der Waals surface area contributed by atoms with Gasteiger partial charge in [0.15, 0.2) is 11.6 Å². The highest BCUT2D eigenvalue weighted by atomic mass is 16.8. The van der Waals surface area contributed by atoms with Gasteiger partial charge in [0.05, 0.1) is 23.4 Å². The molecule has 2 heterocycles. The van der Waals surface area contributed by atoms with E-state index in [-0.39, 0.29) is 22.8 Å². The number of hydrogen-bond acceptors (Lipinski definition) is 4. The maximum Gasteiger partial charge on any atom is 0.166 e. The number of hydrogen-bond donors (Lipinski definition) is 0. The van der Waals surface area contributed by atoms with E-state index >= 15 is 0 Å². The maximum atomic E-state index is 6.72. The summed E-state index contributed by atoms with van der Waals surface area (Å²) in [6.45, 7) is 28.6. The molecule has 44 heavy (non-hydrogen) atoms. The van der Waals surface area contributed by atoms with Crippen LogP contribution in [0.4, 0.5) is 0 Å². The van der Waals surface area contributed by atoms with E-state index < -0.39 is 0 Å². The fraction of sp³-hybridized carbons (Fsp3) is 1.00. The zero-order valence-electron chi connectivity index (χ0n) is 30.7. The summed E-state index contributed by atoms with van der Waals surface area (Å²) in [6.07, 6.45) is 15.7. The number of ether oxygens (including phenoxy) is 4. The van der Waals surface area contributed by atoms with Crippen LogP contribution in [-0.2, 0) is 18.9 Å². The van der Waals surface area contributed by atoms with Crippen LogP contribution in [0.25, 0.3) is 0 Å². The molecule has 8 rings (SSSR count). The molecule has 2 aliphatic heterocycles. The predicted octanol–water partition coefficient (Wildman–Crippen LogP) is 10.3. The zero-order valence-corrected chi connectivity index (χ0v) is 30.7. The molecular formula is C40H68O4. The van der Waals surface area contributed by atoms with Gasteiger partial charge in [-0.1, -0.05) is 68.2 Å². The Labute approximate surface area is 270 Å². The van der Waals surface area contributed by atoms with E-state index in [2.05, 4.69) is 83.1 Å². The summed E-state index contributed by atoms with van der Waals surface area (Å²) in [4.78, 5) is 0. The van der Waals surface area contributed by atoms with Crippen LogP contribution in [0.3, 0.4) is 0 Å². The van der Waals surface area contributed by atoms with Crippen molar-refractivity contribution >= 4 is 0 Å². The lowest BCUT2D eigenvalue weighted by molar-refractivity contribution is -0.193. The Balaban J connectivity index is 0.000000142. The Morgan fingerprint density at radius 1 is 0.500 bits per heavy atom. The minimum absolute atomic E-state index is 0.0806. The molecule has 0 amide bonds. The second-order valence-corrected chi connectivity index (χ2v) is 19.6. The van der Waals surface area contributed by atoms with Gasteiger partial charge in [0.1, 0.15) is 0 Å². The zero-order chi connectivity index (χ0) is 31.9. The van der Waals surface area contributed by atoms with Crippen LogP contribution < -0.4 is 0 Å². The van der Waals surface area contributed by atoms with E-state index in [4.69, 9.17) is 18.9 Å². The summed E-state index contributed by atoms with van der Waals surface area (Å²) in [5.74, 6) is 4.01. The second-order valence-electron chi connectivity index (χ2n) is 19.6. The molecule has 252 valence electrons. The first-order valence-corrected chi connectivity index (χ1v) is 19.1. The predicted molar refractivity (Wildman–Crippen MR) is 177 cm³/mol. The average Bonchev–Trinajstić information content (AvgIpc) is 3.65. The van der Waals surface area contributed by atoms with Crippen LogP contribution in [0.15, 0.2) is 0 Å². The normalized spacial score (nSPS) is 58.6. The third-order valence-electron chi connectivity index (χ3n) is 16.7. The highest BCUT2D eigenvalue weighted by Crippen LogP contribution is 2.77. The molecule has 4 bridgehead atoms. The van der Waals surface area contributed by atoms with Crippen molar-refractivity contribution < 1.29 is 18.9 Å². The first kappa shape index (κ1) is 32.4. The van der Waals surface area contributed by atoms with Gasteiger partial charge in [0.2, 0.25) is 0 Å². The summed E-state index contributed by atoms with van der Waals surface area (Å²) in [6, 6.07) is 0. The Morgan fingerprint density at radius 3 is 1.20 bits per heavy atom. The van der Waals surface area contributed by atoms with E-state index in [1.54, 1.807) is 0 Å². The van der Waals surface area contributed by atoms with Gasteiger partial charge in [-0.05, 0) is 136 Å². The molecular weight excluding hydrogens is 544 g/mol. The lowest BCUT2D eigenvalue weighted by atomic mass is 9.63. The largest absolute Gasteiger partial charge is 0.344 e. The van der Waals surface area contributed by atoms with Crippen LogP contribution in [-0.4, -0.2) is 35.0 Å². The summed E-state index contributed by atoms with van der Waals surface area (Å²) in [7, 11) is 0. The molecule has 4 nitrogen and oxygen atoms in total. The van der Waals surface area contributed by atoms with Crippen LogP contribution in [0, 0.1) is 57.2 Å². The molecule has 6 aliphatic carbocycles. The van der Waals surface area contributed by atoms with E-state index in [9.17, 15) is 0 Å². The minimum atomic E-state index is -0.358. The molecule has 2 saturated heterocycles. The fourth-order valence-electron chi connectivity index (χ4n) is 14.9. The molecule has 8 fully saturated rings. The van der Waals surface area contributed by atoms with Gasteiger partial charge in [-0.3, -0.25) is 0 Å². The van der Waals surface area contributed by atoms with Crippen molar-refractivity contribution in [1.29, 1.82) is 0 Å². The lowest BCUT2D eigenvalue weighted by Gasteiger charge is -2.47. The molecule has 0 aromatic rings. The maximum absolute atomic E-state index is 6.72. The molecule has 4 heteroatoms. The summed E-state index contributed by atoms with van der Waals surface area (Å²) < 4.78 is 26.6. The van der Waals surface area contributed by atoms with Crippen molar-refractivity contribution in [2.24, 2.45) is 57.2 Å². The molecule has 6 saturated carbocycles. The topological polar surface area (TPSA) is 36.9 Å². The molecule has 0 aromatic heterocycles. The van der Waals surface area contributed by atoms with Crippen molar-refractivity contribution in [2.45, 2.75) is 195 Å². The van der Waals surface area contributed by atoms with Gasteiger partial charge >= 0.3 is 0 Å². The average molecular weight is 613 g/mol. The first-order chi connectivity index (χ1) is 20.4. The van der Waals surface area contributed by atoms with Crippen molar-refractivity contribution in [3.05, 3.63) is 0 Å². The van der Waals surface area contributed by atoms with E-state index in [1.165, 1.54) is 51.4 Å². The lowest BCUT2D eigenvalue weighted by Crippen LogP contribution is -2.52. The van der Waals surface area contributed by atoms with Crippen LogP contribution >= 0.6 is 0 Å². The molecule has 0 N–H and O–H groups in total. The molecule has 8 aliphatic rings. The summed E-state index contributed by atoms with van der Waals surface area (Å²) in [5, 5.41) is 0. The molecule has 2 spiro atoms. The van der Waals surface area contributed by atoms with Crippen LogP contribution in [0.5, 0.6) is 0 Å². The van der Waals surface area contributed by atoms with Gasteiger partial charge in [-0.15, -0.1) is 0 Å². The third-order valence-corrected chi connectivity index (χ3v) is 16.7. The Kier molecular flexibility index (Phi) is 7.15. The first-order valence-electron chi connectivity index (χ1n) is 19.1. The molecule has 0 radical (unpaired) electrons. The van der Waals surface area contributed by atoms with Crippen LogP contribution in [0.2, 0.25) is 0 Å². The van der Waals surface area contributed by atoms with Crippen molar-refractivity contribution in [3.63, 3.8) is 0 Å². The van der Waals surface area contributed by atoms with Crippen molar-refractivity contribution in [3.8, 4) is 0 Å². The molecule has 14 atom stereocenters. The standard InChI is InChI=1S/2C20H34O2/c2*1-7-10-18(5)21-16-12-20-11-15(19(16,6)22-18)17(3,4)14(20)9-8-13(20)2/h2*13-16H,7-12H2,1-6H3/t13-,14+,15-,16+,18+,19-,20-;13-,14+,15-,16+,18-,19-,20-/m11/s1. The Bertz CT molecular complexity index is 1060. The third kappa shape index (κ3) is 4.01. The highest BCUT2D eigenvalue weighted by Gasteiger charge is 2.75. The quantitative estimate of drug-likeness (QED) is 0.316. The van der Waals surface area contributed by atoms with Gasteiger partial charge in [-0.2, -0.15) is 0 Å². The minimum Gasteiger partial charge on any atom is -0.344 e. The van der Waals surface area contributed by atoms with Gasteiger partial charge in [-0.25, -0.2) is 0 Å². The smallest absolute Gasteiger partial charge is 0.166 e. The Hall–Kier alpha value is -0.160. The second kappa shape index (κ2) is 9.72. The number of fused-ring (bicyclic) bond motifs is 6. The fourth-order valence-corrected chi connectivity index (χ4v) is 14.9. The summed E-state index contributed by atoms with van der Waals surface area (Å²) >= 11 is 0. The molecule has 0 aromatic carbocycles. The van der Waals surface area contributed by atoms with Crippen molar-refractivity contribution in [2.75, 3.05) is 0 Å². The van der Waals surface area contributed by atoms with E-state index in [0.717, 1.165) is 49.4 Å². The van der Waals surface area contributed by atoms with Crippen molar-refractivity contribution in [1.82, 2.24) is 0 Å². The summed E-state index contributed by atoms with van der Waals surface area (Å²) in [5.41, 5.74) is 1.66. The number of rotatable bonds is 4. The van der Waals surface area contributed by atoms with E-state index in [0.29, 0.717) is 45.7 Å². The van der Waals surface area contributed by atoms with Gasteiger partial charge < -0.3 is 18.9 Å². The van der Waals surface area contributed by atoms with Crippen LogP contribution in [0.1, 0.15) is 160 Å². The van der Waals surface area contributed by atoms with Gasteiger partial charge in [0, 0.05) is 12.8 Å². The SMILES string of the molecule is CCC[C@@]1(C)O[C@H]2C[C@@]34C[C@H](C(C)(C)[C@@H]3CC[C@H]4C)[C@@]2(C)O1.CCC[C@]1(C)O[C@H]2C[C@@]34C[C@H](C(C)(C)[C@@H]3CC[C@H]4C)[C@@]2(C)O1. The monoisotopic (exact) mass is 613 g/mol. The van der Waals surface area contributed by atoms with E-state index in [1.807, 2.05) is 0 Å². The highest BCUT2D eigenvalue weighted by molar-refractivity contribution is 5.23. The Morgan fingerprint density at radius 2 is 0.864 bits per heavy atom. The molecule has 0 unspecified atom stereocenters.